The molecule has 0 spiro atoms. The molecule has 0 bridgehead atoms. The summed E-state index contributed by atoms with van der Waals surface area (Å²) in [4.78, 5) is 35.0. The number of anilines is 1. The van der Waals surface area contributed by atoms with Crippen molar-refractivity contribution >= 4 is 51.3 Å². The van der Waals surface area contributed by atoms with Gasteiger partial charge in [-0.25, -0.2) is 4.98 Å². The Labute approximate surface area is 149 Å². The number of amides is 2. The Morgan fingerprint density at radius 2 is 2.25 bits per heavy atom. The summed E-state index contributed by atoms with van der Waals surface area (Å²) in [6.45, 7) is 4.01. The molecule has 0 aromatic carbocycles. The average molecular weight is 364 g/mol. The maximum absolute atomic E-state index is 12.1. The van der Waals surface area contributed by atoms with Gasteiger partial charge in [0.25, 0.3) is 5.91 Å². The predicted molar refractivity (Wildman–Crippen MR) is 99.2 cm³/mol. The first-order chi connectivity index (χ1) is 11.6. The Morgan fingerprint density at radius 3 is 2.92 bits per heavy atom. The summed E-state index contributed by atoms with van der Waals surface area (Å²) in [6, 6.07) is 0.340. The summed E-state index contributed by atoms with van der Waals surface area (Å²) in [5, 5.41) is 6.02. The van der Waals surface area contributed by atoms with Gasteiger partial charge in [0.05, 0.1) is 16.6 Å². The highest BCUT2D eigenvalue weighted by Gasteiger charge is 2.26. The van der Waals surface area contributed by atoms with E-state index in [-0.39, 0.29) is 11.8 Å². The van der Waals surface area contributed by atoms with E-state index in [0.29, 0.717) is 33.5 Å². The van der Waals surface area contributed by atoms with Gasteiger partial charge >= 0.3 is 0 Å². The van der Waals surface area contributed by atoms with E-state index in [1.807, 2.05) is 12.3 Å². The molecule has 2 heterocycles. The van der Waals surface area contributed by atoms with E-state index >= 15 is 0 Å². The van der Waals surface area contributed by atoms with E-state index in [1.54, 1.807) is 11.0 Å². The Balaban J connectivity index is 1.73. The quantitative estimate of drug-likeness (QED) is 0.834. The van der Waals surface area contributed by atoms with Gasteiger partial charge < -0.3 is 5.32 Å². The van der Waals surface area contributed by atoms with Gasteiger partial charge in [-0.1, -0.05) is 12.8 Å². The first-order valence-electron chi connectivity index (χ1n) is 8.09. The molecule has 6 nitrogen and oxygen atoms in total. The third kappa shape index (κ3) is 3.87. The van der Waals surface area contributed by atoms with Crippen LogP contribution in [0.15, 0.2) is 15.3 Å². The van der Waals surface area contributed by atoms with Crippen molar-refractivity contribution in [3.8, 4) is 0 Å². The maximum Gasteiger partial charge on any atom is 0.264 e. The molecule has 0 unspecified atom stereocenters. The summed E-state index contributed by atoms with van der Waals surface area (Å²) in [6.07, 6.45) is 6.40. The molecule has 128 valence electrons. The molecule has 1 saturated carbocycles. The largest absolute Gasteiger partial charge is 0.301 e. The molecule has 8 heteroatoms. The molecule has 0 radical (unpaired) electrons. The zero-order valence-electron chi connectivity index (χ0n) is 13.7. The van der Waals surface area contributed by atoms with Crippen LogP contribution in [0.25, 0.3) is 6.08 Å². The summed E-state index contributed by atoms with van der Waals surface area (Å²) < 4.78 is 0. The highest BCUT2D eigenvalue weighted by Crippen LogP contribution is 2.30. The molecule has 2 aliphatic rings. The number of thioether (sulfide) groups is 1. The second-order valence-corrected chi connectivity index (χ2v) is 7.62. The zero-order chi connectivity index (χ0) is 17.1. The summed E-state index contributed by atoms with van der Waals surface area (Å²) in [7, 11) is 0. The smallest absolute Gasteiger partial charge is 0.264 e. The molecule has 1 aromatic heterocycles. The lowest BCUT2D eigenvalue weighted by Crippen LogP contribution is -2.27. The number of nitrogens with one attached hydrogen (secondary N) is 1. The van der Waals surface area contributed by atoms with Crippen molar-refractivity contribution in [1.29, 1.82) is 0 Å². The standard InChI is InChI=1S/C16H20N4O2S2/c1-3-20(10(2)21)16-18-12(9-23-16)8-13-14(22)19-15(24-13)17-11-6-4-5-7-11/h8-9,11H,3-7H2,1-2H3,(H,17,19,22)/b13-8-. The molecule has 1 N–H and O–H groups in total. The van der Waals surface area contributed by atoms with Crippen molar-refractivity contribution < 1.29 is 9.59 Å². The summed E-state index contributed by atoms with van der Waals surface area (Å²) in [5.74, 6) is -0.171. The number of amidine groups is 1. The molecule has 2 fully saturated rings. The monoisotopic (exact) mass is 364 g/mol. The van der Waals surface area contributed by atoms with E-state index < -0.39 is 0 Å². The van der Waals surface area contributed by atoms with Gasteiger partial charge in [-0.05, 0) is 37.6 Å². The van der Waals surface area contributed by atoms with E-state index in [1.165, 1.54) is 42.9 Å². The van der Waals surface area contributed by atoms with Crippen LogP contribution in [0.2, 0.25) is 0 Å². The lowest BCUT2D eigenvalue weighted by atomic mass is 10.3. The van der Waals surface area contributed by atoms with Crippen molar-refractivity contribution in [2.75, 3.05) is 11.4 Å². The number of carbonyl (C=O) groups is 2. The van der Waals surface area contributed by atoms with Crippen LogP contribution >= 0.6 is 23.1 Å². The minimum atomic E-state index is -0.134. The molecule has 1 aliphatic heterocycles. The van der Waals surface area contributed by atoms with E-state index in [4.69, 9.17) is 0 Å². The third-order valence-corrected chi connectivity index (χ3v) is 5.80. The van der Waals surface area contributed by atoms with Crippen LogP contribution in [0.3, 0.4) is 0 Å². The van der Waals surface area contributed by atoms with Crippen LogP contribution < -0.4 is 10.2 Å². The average Bonchev–Trinajstić information content (AvgIpc) is 3.24. The Hall–Kier alpha value is -1.67. The zero-order valence-corrected chi connectivity index (χ0v) is 15.4. The van der Waals surface area contributed by atoms with Crippen molar-refractivity contribution in [3.63, 3.8) is 0 Å². The second-order valence-electron chi connectivity index (χ2n) is 5.76. The van der Waals surface area contributed by atoms with Crippen molar-refractivity contribution in [2.24, 2.45) is 4.99 Å². The molecular weight excluding hydrogens is 344 g/mol. The van der Waals surface area contributed by atoms with Gasteiger partial charge in [-0.15, -0.1) is 11.3 Å². The van der Waals surface area contributed by atoms with E-state index in [9.17, 15) is 9.59 Å². The summed E-state index contributed by atoms with van der Waals surface area (Å²) >= 11 is 2.77. The van der Waals surface area contributed by atoms with Gasteiger partial charge in [0, 0.05) is 18.8 Å². The minimum Gasteiger partial charge on any atom is -0.301 e. The van der Waals surface area contributed by atoms with Crippen LogP contribution in [0.1, 0.15) is 45.2 Å². The molecule has 1 aliphatic carbocycles. The van der Waals surface area contributed by atoms with Gasteiger partial charge in [-0.2, -0.15) is 0 Å². The highest BCUT2D eigenvalue weighted by molar-refractivity contribution is 8.18. The van der Waals surface area contributed by atoms with Gasteiger partial charge in [0.1, 0.15) is 0 Å². The van der Waals surface area contributed by atoms with Crippen molar-refractivity contribution in [1.82, 2.24) is 10.3 Å². The number of nitrogens with zero attached hydrogens (tertiary/aromatic N) is 3. The molecule has 1 aromatic rings. The fraction of sp³-hybridized carbons (Fsp3) is 0.500. The number of hydrogen-bond donors (Lipinski definition) is 1. The van der Waals surface area contributed by atoms with Crippen LogP contribution in [0.5, 0.6) is 0 Å². The van der Waals surface area contributed by atoms with Gasteiger partial charge in [0.15, 0.2) is 10.3 Å². The molecule has 2 amide bonds. The normalized spacial score (nSPS) is 21.7. The Bertz CT molecular complexity index is 705. The molecule has 0 atom stereocenters. The van der Waals surface area contributed by atoms with Gasteiger partial charge in [-0.3, -0.25) is 19.5 Å². The number of hydrogen-bond acceptors (Lipinski definition) is 6. The lowest BCUT2D eigenvalue weighted by Gasteiger charge is -2.14. The van der Waals surface area contributed by atoms with Crippen LogP contribution in [0.4, 0.5) is 5.13 Å². The van der Waals surface area contributed by atoms with Crippen molar-refractivity contribution in [3.05, 3.63) is 16.0 Å². The Morgan fingerprint density at radius 1 is 1.50 bits per heavy atom. The van der Waals surface area contributed by atoms with Gasteiger partial charge in [0.2, 0.25) is 5.91 Å². The highest BCUT2D eigenvalue weighted by atomic mass is 32.2. The SMILES string of the molecule is CCN(C(C)=O)c1nc(/C=C2\SC(=NC3CCCC3)NC2=O)cs1. The predicted octanol–water partition coefficient (Wildman–Crippen LogP) is 3.02. The molecule has 1 saturated heterocycles. The maximum atomic E-state index is 12.1. The number of aromatic nitrogens is 1. The number of carbonyl (C=O) groups excluding carboxylic acids is 2. The number of aliphatic imine (C=N–C) groups is 1. The van der Waals surface area contributed by atoms with Crippen LogP contribution in [0, 0.1) is 0 Å². The summed E-state index contributed by atoms with van der Waals surface area (Å²) in [5.41, 5.74) is 0.689. The molecule has 3 rings (SSSR count). The van der Waals surface area contributed by atoms with Crippen LogP contribution in [-0.4, -0.2) is 34.6 Å². The fourth-order valence-electron chi connectivity index (χ4n) is 2.78. The molecule has 24 heavy (non-hydrogen) atoms. The first-order valence-corrected chi connectivity index (χ1v) is 9.78. The topological polar surface area (TPSA) is 74.7 Å². The lowest BCUT2D eigenvalue weighted by molar-refractivity contribution is -0.116. The Kier molecular flexibility index (Phi) is 5.35. The van der Waals surface area contributed by atoms with Crippen molar-refractivity contribution in [2.45, 2.75) is 45.6 Å². The number of thiazole rings is 1. The minimum absolute atomic E-state index is 0.0370. The third-order valence-electron chi connectivity index (χ3n) is 3.99. The van der Waals surface area contributed by atoms with E-state index in [0.717, 1.165) is 12.8 Å². The van der Waals surface area contributed by atoms with E-state index in [2.05, 4.69) is 15.3 Å². The first kappa shape index (κ1) is 17.2. The molecular formula is C16H20N4O2S2. The van der Waals surface area contributed by atoms with Crippen LogP contribution in [-0.2, 0) is 9.59 Å². The second kappa shape index (κ2) is 7.48. The number of rotatable bonds is 4. The fourth-order valence-corrected chi connectivity index (χ4v) is 4.55.